The summed E-state index contributed by atoms with van der Waals surface area (Å²) in [5.74, 6) is -0.0877. The smallest absolute Gasteiger partial charge is 0.0799 e. The lowest BCUT2D eigenvalue weighted by Crippen LogP contribution is -2.40. The third-order valence-electron chi connectivity index (χ3n) is 3.13. The molecule has 2 nitrogen and oxygen atoms in total. The van der Waals surface area contributed by atoms with Gasteiger partial charge in [-0.1, -0.05) is 33.5 Å². The van der Waals surface area contributed by atoms with Crippen LogP contribution in [0.3, 0.4) is 0 Å². The maximum absolute atomic E-state index is 8.55. The summed E-state index contributed by atoms with van der Waals surface area (Å²) in [6.45, 7) is 10.6. The Hall–Kier alpha value is -1.48. The number of pyridine rings is 2. The maximum atomic E-state index is 8.55. The Bertz CT molecular complexity index is 649. The Morgan fingerprint density at radius 1 is 1.20 bits per heavy atom. The fourth-order valence-electron chi connectivity index (χ4n) is 2.16. The van der Waals surface area contributed by atoms with Gasteiger partial charge in [0.2, 0.25) is 0 Å². The zero-order chi connectivity index (χ0) is 16.5. The van der Waals surface area contributed by atoms with Crippen molar-refractivity contribution in [2.45, 2.75) is 39.9 Å². The van der Waals surface area contributed by atoms with Crippen molar-refractivity contribution in [2.75, 3.05) is 0 Å². The van der Waals surface area contributed by atoms with Crippen molar-refractivity contribution >= 4 is 13.3 Å². The van der Waals surface area contributed by atoms with E-state index in [1.807, 2.05) is 38.2 Å². The second kappa shape index (κ2) is 5.88. The minimum atomic E-state index is -1.67. The van der Waals surface area contributed by atoms with E-state index in [4.69, 9.17) is 2.74 Å². The summed E-state index contributed by atoms with van der Waals surface area (Å²) in [5, 5.41) is 1.10. The highest BCUT2D eigenvalue weighted by Crippen LogP contribution is 2.19. The second-order valence-corrected chi connectivity index (χ2v) is 11.4. The van der Waals surface area contributed by atoms with E-state index in [9.17, 15) is 0 Å². The van der Waals surface area contributed by atoms with Crippen LogP contribution in [0.1, 0.15) is 22.2 Å². The first kappa shape index (κ1) is 12.3. The summed E-state index contributed by atoms with van der Waals surface area (Å²) >= 11 is 0. The van der Waals surface area contributed by atoms with E-state index in [0.717, 1.165) is 22.0 Å². The summed E-state index contributed by atoms with van der Waals surface area (Å²) in [7, 11) is -1.67. The van der Waals surface area contributed by atoms with Crippen LogP contribution < -0.4 is 5.19 Å². The maximum Gasteiger partial charge on any atom is 0.0799 e. The number of hydrogen-bond donors (Lipinski definition) is 0. The molecule has 106 valence electrons. The lowest BCUT2D eigenvalue weighted by molar-refractivity contribution is 0.649. The molecule has 0 saturated heterocycles. The van der Waals surface area contributed by atoms with Crippen molar-refractivity contribution in [1.82, 2.24) is 9.97 Å². The number of hydrogen-bond acceptors (Lipinski definition) is 2. The van der Waals surface area contributed by atoms with E-state index in [2.05, 4.69) is 29.6 Å². The van der Waals surface area contributed by atoms with Crippen molar-refractivity contribution in [3.8, 4) is 11.3 Å². The molecule has 0 unspecified atom stereocenters. The average Bonchev–Trinajstić information content (AvgIpc) is 2.46. The molecule has 3 heteroatoms. The number of rotatable bonds is 4. The van der Waals surface area contributed by atoms with Crippen LogP contribution in [0, 0.1) is 5.92 Å². The normalized spacial score (nSPS) is 14.1. The Balaban J connectivity index is 2.66. The molecule has 0 aromatic carbocycles. The van der Waals surface area contributed by atoms with Gasteiger partial charge in [-0.3, -0.25) is 9.97 Å². The average molecular weight is 286 g/mol. The molecule has 0 fully saturated rings. The van der Waals surface area contributed by atoms with Crippen LogP contribution in [0.2, 0.25) is 19.6 Å². The predicted octanol–water partition coefficient (Wildman–Crippen LogP) is 3.89. The van der Waals surface area contributed by atoms with Crippen LogP contribution in [0.15, 0.2) is 36.8 Å². The Kier molecular flexibility index (Phi) is 3.61. The Labute approximate surface area is 126 Å². The molecule has 0 aliphatic rings. The molecule has 0 radical (unpaired) electrons. The standard InChI is InChI=1S/C17H24N2Si/c1-13(2)10-15-11-16(14-6-8-18-9-7-14)19-12-17(15)20(3,4)5/h6-9,11-13H,10H2,1-5H3/i10D2. The van der Waals surface area contributed by atoms with Crippen LogP contribution in [0.25, 0.3) is 11.3 Å². The molecule has 0 atom stereocenters. The molecular formula is C17H24N2Si. The van der Waals surface area contributed by atoms with Gasteiger partial charge in [0, 0.05) is 26.9 Å². The van der Waals surface area contributed by atoms with Crippen LogP contribution >= 0.6 is 0 Å². The molecule has 0 bridgehead atoms. The zero-order valence-corrected chi connectivity index (χ0v) is 13.9. The Morgan fingerprint density at radius 2 is 1.85 bits per heavy atom. The van der Waals surface area contributed by atoms with Gasteiger partial charge in [-0.05, 0) is 41.2 Å². The van der Waals surface area contributed by atoms with Crippen molar-refractivity contribution in [2.24, 2.45) is 5.92 Å². The van der Waals surface area contributed by atoms with Gasteiger partial charge in [0.25, 0.3) is 0 Å². The molecule has 20 heavy (non-hydrogen) atoms. The molecule has 0 aliphatic heterocycles. The first-order valence-corrected chi connectivity index (χ1v) is 10.6. The zero-order valence-electron chi connectivity index (χ0n) is 14.9. The van der Waals surface area contributed by atoms with Crippen LogP contribution in [-0.2, 0) is 6.37 Å². The molecule has 2 rings (SSSR count). The molecule has 0 N–H and O–H groups in total. The second-order valence-electron chi connectivity index (χ2n) is 6.40. The molecule has 2 aromatic heterocycles. The van der Waals surface area contributed by atoms with Crippen molar-refractivity contribution in [3.63, 3.8) is 0 Å². The van der Waals surface area contributed by atoms with Crippen LogP contribution in [-0.4, -0.2) is 18.0 Å². The highest BCUT2D eigenvalue weighted by atomic mass is 28.3. The molecule has 0 saturated carbocycles. The van der Waals surface area contributed by atoms with Crippen molar-refractivity contribution in [1.29, 1.82) is 0 Å². The molecular weight excluding hydrogens is 260 g/mol. The summed E-state index contributed by atoms with van der Waals surface area (Å²) in [5.41, 5.74) is 2.57. The van der Waals surface area contributed by atoms with Gasteiger partial charge in [-0.15, -0.1) is 0 Å². The minimum Gasteiger partial charge on any atom is -0.265 e. The third-order valence-corrected chi connectivity index (χ3v) is 5.15. The topological polar surface area (TPSA) is 25.8 Å². The van der Waals surface area contributed by atoms with Crippen LogP contribution in [0.4, 0.5) is 0 Å². The monoisotopic (exact) mass is 286 g/mol. The van der Waals surface area contributed by atoms with Gasteiger partial charge >= 0.3 is 0 Å². The third kappa shape index (κ3) is 3.54. The number of nitrogens with zero attached hydrogens (tertiary/aromatic N) is 2. The van der Waals surface area contributed by atoms with Gasteiger partial charge < -0.3 is 0 Å². The van der Waals surface area contributed by atoms with Gasteiger partial charge in [0.05, 0.1) is 13.8 Å². The molecule has 2 aromatic rings. The van der Waals surface area contributed by atoms with Gasteiger partial charge in [-0.25, -0.2) is 0 Å². The first-order valence-electron chi connectivity index (χ1n) is 8.05. The van der Waals surface area contributed by atoms with Crippen molar-refractivity contribution < 1.29 is 2.74 Å². The quantitative estimate of drug-likeness (QED) is 0.797. The molecule has 2 heterocycles. The molecule has 0 amide bonds. The number of aromatic nitrogens is 2. The SMILES string of the molecule is [2H]C([2H])(c1cc(-c2ccncc2)ncc1[Si](C)(C)C)C(C)C. The van der Waals surface area contributed by atoms with E-state index in [1.165, 1.54) is 0 Å². The lowest BCUT2D eigenvalue weighted by atomic mass is 10.0. The highest BCUT2D eigenvalue weighted by molar-refractivity contribution is 6.89. The Morgan fingerprint density at radius 3 is 2.40 bits per heavy atom. The van der Waals surface area contributed by atoms with E-state index in [0.29, 0.717) is 0 Å². The van der Waals surface area contributed by atoms with Gasteiger partial charge in [0.1, 0.15) is 0 Å². The summed E-state index contributed by atoms with van der Waals surface area (Å²) < 4.78 is 17.1. The summed E-state index contributed by atoms with van der Waals surface area (Å²) in [6.07, 6.45) is 4.00. The molecule has 0 spiro atoms. The summed E-state index contributed by atoms with van der Waals surface area (Å²) in [6, 6.07) is 5.75. The first-order chi connectivity index (χ1) is 10.1. The fraction of sp³-hybridized carbons (Fsp3) is 0.412. The van der Waals surface area contributed by atoms with E-state index in [-0.39, 0.29) is 5.92 Å². The fourth-order valence-corrected chi connectivity index (χ4v) is 3.57. The van der Waals surface area contributed by atoms with Gasteiger partial charge in [-0.2, -0.15) is 0 Å². The predicted molar refractivity (Wildman–Crippen MR) is 89.0 cm³/mol. The van der Waals surface area contributed by atoms with Crippen LogP contribution in [0.5, 0.6) is 0 Å². The minimum absolute atomic E-state index is 0.0877. The van der Waals surface area contributed by atoms with E-state index < -0.39 is 14.4 Å². The lowest BCUT2D eigenvalue weighted by Gasteiger charge is -2.22. The van der Waals surface area contributed by atoms with E-state index in [1.54, 1.807) is 12.4 Å². The largest absolute Gasteiger partial charge is 0.265 e. The van der Waals surface area contributed by atoms with Crippen molar-refractivity contribution in [3.05, 3.63) is 42.4 Å². The van der Waals surface area contributed by atoms with E-state index >= 15 is 0 Å². The highest BCUT2D eigenvalue weighted by Gasteiger charge is 2.21. The summed E-state index contributed by atoms with van der Waals surface area (Å²) in [4.78, 5) is 8.62. The molecule has 0 aliphatic carbocycles. The van der Waals surface area contributed by atoms with Gasteiger partial charge in [0.15, 0.2) is 0 Å².